The molecule has 3 N–H and O–H groups in total. The molecule has 0 atom stereocenters. The zero-order chi connectivity index (χ0) is 27.1. The van der Waals surface area contributed by atoms with Crippen molar-refractivity contribution in [1.29, 1.82) is 0 Å². The highest BCUT2D eigenvalue weighted by molar-refractivity contribution is 6.03. The third kappa shape index (κ3) is 5.02. The lowest BCUT2D eigenvalue weighted by molar-refractivity contribution is -0.122. The van der Waals surface area contributed by atoms with E-state index >= 15 is 0 Å². The van der Waals surface area contributed by atoms with E-state index in [-0.39, 0.29) is 29.4 Å². The number of fused-ring (bicyclic) bond motifs is 1. The molecule has 208 valence electrons. The van der Waals surface area contributed by atoms with Crippen LogP contribution in [0.25, 0.3) is 0 Å². The van der Waals surface area contributed by atoms with Crippen LogP contribution in [0.3, 0.4) is 0 Å². The summed E-state index contributed by atoms with van der Waals surface area (Å²) in [6.07, 6.45) is 10.9. The monoisotopic (exact) mass is 534 g/mol. The number of rotatable bonds is 6. The van der Waals surface area contributed by atoms with Crippen molar-refractivity contribution in [1.82, 2.24) is 15.3 Å². The molecule has 39 heavy (non-hydrogen) atoms. The minimum Gasteiger partial charge on any atom is -0.495 e. The molecule has 4 aliphatic rings. The summed E-state index contributed by atoms with van der Waals surface area (Å²) in [5.41, 5.74) is 1.60. The Labute approximate surface area is 229 Å². The minimum atomic E-state index is -0.303. The second kappa shape index (κ2) is 10.3. The second-order valence-electron chi connectivity index (χ2n) is 11.6. The Bertz CT molecular complexity index is 1250. The van der Waals surface area contributed by atoms with Gasteiger partial charge in [0.1, 0.15) is 11.4 Å². The molecule has 1 aromatic carbocycles. The summed E-state index contributed by atoms with van der Waals surface area (Å²) in [6.45, 7) is 0.706. The van der Waals surface area contributed by atoms with E-state index < -0.39 is 0 Å². The molecule has 0 saturated heterocycles. The van der Waals surface area contributed by atoms with Crippen LogP contribution in [0.5, 0.6) is 5.75 Å². The number of benzene rings is 1. The van der Waals surface area contributed by atoms with Crippen molar-refractivity contribution < 1.29 is 19.4 Å². The summed E-state index contributed by atoms with van der Waals surface area (Å²) in [6, 6.07) is 5.72. The van der Waals surface area contributed by atoms with Crippen LogP contribution in [0.1, 0.15) is 74.6 Å². The summed E-state index contributed by atoms with van der Waals surface area (Å²) in [7, 11) is 3.40. The van der Waals surface area contributed by atoms with Crippen molar-refractivity contribution in [2.45, 2.75) is 82.4 Å². The average Bonchev–Trinajstić information content (AvgIpc) is 3.55. The number of ether oxygens (including phenoxy) is 1. The highest BCUT2D eigenvalue weighted by Gasteiger charge is 2.55. The molecule has 3 saturated carbocycles. The van der Waals surface area contributed by atoms with Crippen LogP contribution < -0.4 is 25.2 Å². The number of nitrogens with zero attached hydrogens (tertiary/aromatic N) is 4. The maximum absolute atomic E-state index is 13.3. The number of amides is 2. The van der Waals surface area contributed by atoms with Gasteiger partial charge in [0.25, 0.3) is 5.91 Å². The zero-order valence-electron chi connectivity index (χ0n) is 22.8. The second-order valence-corrected chi connectivity index (χ2v) is 11.6. The molecule has 0 radical (unpaired) electrons. The number of hydrogen-bond acceptors (Lipinski definition) is 8. The van der Waals surface area contributed by atoms with Crippen LogP contribution >= 0.6 is 0 Å². The number of methoxy groups -OCH3 is 1. The van der Waals surface area contributed by atoms with Crippen LogP contribution in [-0.4, -0.2) is 65.8 Å². The fraction of sp³-hybridized carbons (Fsp3) is 0.586. The van der Waals surface area contributed by atoms with E-state index in [1.54, 1.807) is 36.4 Å². The van der Waals surface area contributed by atoms with Gasteiger partial charge in [0.05, 0.1) is 30.5 Å². The van der Waals surface area contributed by atoms with Gasteiger partial charge in [0.2, 0.25) is 11.9 Å². The molecular weight excluding hydrogens is 496 g/mol. The third-order valence-electron chi connectivity index (χ3n) is 8.98. The number of anilines is 4. The number of nitrogens with one attached hydrogen (secondary N) is 2. The van der Waals surface area contributed by atoms with Crippen molar-refractivity contribution in [2.24, 2.45) is 5.41 Å². The van der Waals surface area contributed by atoms with Crippen LogP contribution in [0, 0.1) is 5.41 Å². The molecular formula is C29H38N6O4. The molecule has 10 heteroatoms. The fourth-order valence-corrected chi connectivity index (χ4v) is 6.39. The lowest BCUT2D eigenvalue weighted by atomic mass is 9.93. The zero-order valence-corrected chi connectivity index (χ0v) is 22.8. The number of carbonyl (C=O) groups excluding carboxylic acids is 2. The van der Waals surface area contributed by atoms with Crippen LogP contribution in [0.15, 0.2) is 24.4 Å². The summed E-state index contributed by atoms with van der Waals surface area (Å²) < 4.78 is 5.62. The van der Waals surface area contributed by atoms with Gasteiger partial charge in [-0.05, 0) is 69.6 Å². The smallest absolute Gasteiger partial charge is 0.251 e. The van der Waals surface area contributed by atoms with Gasteiger partial charge in [0.15, 0.2) is 5.82 Å². The van der Waals surface area contributed by atoms with E-state index in [1.807, 2.05) is 7.05 Å². The average molecular weight is 535 g/mol. The fourth-order valence-electron chi connectivity index (χ4n) is 6.39. The highest BCUT2D eigenvalue weighted by atomic mass is 16.5. The first-order chi connectivity index (χ1) is 18.9. The van der Waals surface area contributed by atoms with E-state index in [0.29, 0.717) is 48.4 Å². The Kier molecular flexibility index (Phi) is 6.82. The predicted molar refractivity (Wildman–Crippen MR) is 149 cm³/mol. The Balaban J connectivity index is 1.24. The Morgan fingerprint density at radius 2 is 1.87 bits per heavy atom. The summed E-state index contributed by atoms with van der Waals surface area (Å²) in [5, 5.41) is 16.1. The molecule has 1 spiro atoms. The van der Waals surface area contributed by atoms with E-state index in [2.05, 4.69) is 20.5 Å². The largest absolute Gasteiger partial charge is 0.495 e. The van der Waals surface area contributed by atoms with E-state index in [9.17, 15) is 14.7 Å². The quantitative estimate of drug-likeness (QED) is 0.512. The number of aliphatic hydroxyl groups is 1. The van der Waals surface area contributed by atoms with Gasteiger partial charge in [0, 0.05) is 31.2 Å². The molecule has 10 nitrogen and oxygen atoms in total. The normalized spacial score (nSPS) is 24.3. The Morgan fingerprint density at radius 1 is 1.13 bits per heavy atom. The Morgan fingerprint density at radius 3 is 2.56 bits per heavy atom. The van der Waals surface area contributed by atoms with Gasteiger partial charge in [-0.25, -0.2) is 4.98 Å². The maximum atomic E-state index is 13.3. The standard InChI is InChI=1S/C29H38N6O4/c1-34-23-16-30-28(33-25(23)35(20-5-3-4-6-20)17-29(13-14-29)27(34)38)32-22-12-7-18(15-24(22)39-2)26(37)31-19-8-10-21(36)11-9-19/h7,12,15-16,19-21,36H,3-6,8-11,13-14,17H2,1-2H3,(H,31,37)(H,30,32,33)/t19-,21-. The molecule has 3 aliphatic carbocycles. The van der Waals surface area contributed by atoms with Gasteiger partial charge >= 0.3 is 0 Å². The van der Waals surface area contributed by atoms with Gasteiger partial charge in [-0.2, -0.15) is 4.98 Å². The lowest BCUT2D eigenvalue weighted by Gasteiger charge is -2.31. The van der Waals surface area contributed by atoms with E-state index in [1.165, 1.54) is 12.8 Å². The SMILES string of the molecule is COc1cc(C(=O)N[C@H]2CC[C@H](O)CC2)ccc1Nc1ncc2c(n1)N(C1CCCC1)CC1(CC1)C(=O)N2C. The van der Waals surface area contributed by atoms with Crippen LogP contribution in [0.2, 0.25) is 0 Å². The third-order valence-corrected chi connectivity index (χ3v) is 8.98. The van der Waals surface area contributed by atoms with Crippen molar-refractivity contribution in [3.8, 4) is 5.75 Å². The summed E-state index contributed by atoms with van der Waals surface area (Å²) in [4.78, 5) is 39.8. The van der Waals surface area contributed by atoms with Gasteiger partial charge in [-0.3, -0.25) is 9.59 Å². The first-order valence-corrected chi connectivity index (χ1v) is 14.2. The van der Waals surface area contributed by atoms with Gasteiger partial charge in [-0.1, -0.05) is 12.8 Å². The molecule has 2 heterocycles. The molecule has 2 amide bonds. The molecule has 6 rings (SSSR count). The molecule has 0 bridgehead atoms. The highest BCUT2D eigenvalue weighted by Crippen LogP contribution is 2.52. The summed E-state index contributed by atoms with van der Waals surface area (Å²) >= 11 is 0. The van der Waals surface area contributed by atoms with Crippen molar-refractivity contribution in [2.75, 3.05) is 35.8 Å². The minimum absolute atomic E-state index is 0.0697. The van der Waals surface area contributed by atoms with Crippen molar-refractivity contribution in [3.63, 3.8) is 0 Å². The number of aliphatic hydroxyl groups excluding tert-OH is 1. The van der Waals surface area contributed by atoms with Crippen molar-refractivity contribution in [3.05, 3.63) is 30.0 Å². The molecule has 3 fully saturated rings. The van der Waals surface area contributed by atoms with Crippen LogP contribution in [0.4, 0.5) is 23.1 Å². The predicted octanol–water partition coefficient (Wildman–Crippen LogP) is 3.77. The van der Waals surface area contributed by atoms with Gasteiger partial charge in [-0.15, -0.1) is 0 Å². The van der Waals surface area contributed by atoms with E-state index in [0.717, 1.165) is 50.0 Å². The number of carbonyl (C=O) groups is 2. The molecule has 0 unspecified atom stereocenters. The first kappa shape index (κ1) is 25.9. The first-order valence-electron chi connectivity index (χ1n) is 14.2. The Hall–Kier alpha value is -3.40. The van der Waals surface area contributed by atoms with Gasteiger partial charge < -0.3 is 30.3 Å². The van der Waals surface area contributed by atoms with Crippen molar-refractivity contribution >= 4 is 35.0 Å². The maximum Gasteiger partial charge on any atom is 0.251 e. The summed E-state index contributed by atoms with van der Waals surface area (Å²) in [5.74, 6) is 1.73. The number of hydrogen-bond donors (Lipinski definition) is 3. The molecule has 1 aromatic heterocycles. The lowest BCUT2D eigenvalue weighted by Crippen LogP contribution is -2.41. The van der Waals surface area contributed by atoms with E-state index in [4.69, 9.17) is 9.72 Å². The number of aromatic nitrogens is 2. The molecule has 2 aromatic rings. The molecule has 1 aliphatic heterocycles. The van der Waals surface area contributed by atoms with Crippen LogP contribution in [-0.2, 0) is 4.79 Å². The topological polar surface area (TPSA) is 120 Å².